The summed E-state index contributed by atoms with van der Waals surface area (Å²) in [6.45, 7) is 5.23. The molecule has 0 radical (unpaired) electrons. The minimum atomic E-state index is -0.285. The van der Waals surface area contributed by atoms with Gasteiger partial charge in [-0.3, -0.25) is 0 Å². The molecule has 0 aliphatic rings. The van der Waals surface area contributed by atoms with Crippen molar-refractivity contribution < 1.29 is 4.39 Å². The summed E-state index contributed by atoms with van der Waals surface area (Å²) in [5.74, 6) is 0.571. The number of pyridine rings is 1. The second-order valence-corrected chi connectivity index (χ2v) is 4.48. The van der Waals surface area contributed by atoms with Crippen LogP contribution >= 0.6 is 15.9 Å². The van der Waals surface area contributed by atoms with Crippen molar-refractivity contribution in [2.24, 2.45) is 0 Å². The summed E-state index contributed by atoms with van der Waals surface area (Å²) in [4.78, 5) is 6.37. The molecule has 0 spiro atoms. The van der Waals surface area contributed by atoms with Crippen molar-refractivity contribution in [2.75, 3.05) is 16.8 Å². The monoisotopic (exact) mass is 288 g/mol. The van der Waals surface area contributed by atoms with Crippen LogP contribution in [0.1, 0.15) is 26.7 Å². The zero-order valence-corrected chi connectivity index (χ0v) is 11.4. The fourth-order valence-electron chi connectivity index (χ4n) is 1.84. The van der Waals surface area contributed by atoms with Crippen molar-refractivity contribution in [1.29, 1.82) is 0 Å². The van der Waals surface area contributed by atoms with Gasteiger partial charge in [-0.05, 0) is 25.0 Å². The highest BCUT2D eigenvalue weighted by atomic mass is 79.9. The van der Waals surface area contributed by atoms with Crippen molar-refractivity contribution in [3.8, 4) is 0 Å². The molecule has 1 rings (SSSR count). The molecule has 0 aliphatic carbocycles. The summed E-state index contributed by atoms with van der Waals surface area (Å²) < 4.78 is 12.8. The van der Waals surface area contributed by atoms with E-state index >= 15 is 0 Å². The van der Waals surface area contributed by atoms with Gasteiger partial charge in [-0.2, -0.15) is 0 Å². The molecule has 16 heavy (non-hydrogen) atoms. The molecule has 1 heterocycles. The maximum absolute atomic E-state index is 12.8. The first-order valence-electron chi connectivity index (χ1n) is 5.67. The Morgan fingerprint density at radius 2 is 2.06 bits per heavy atom. The first-order chi connectivity index (χ1) is 7.72. The largest absolute Gasteiger partial charge is 0.353 e. The van der Waals surface area contributed by atoms with E-state index in [0.717, 1.165) is 30.5 Å². The summed E-state index contributed by atoms with van der Waals surface area (Å²) in [5, 5.41) is 0.891. The predicted molar refractivity (Wildman–Crippen MR) is 69.7 cm³/mol. The van der Waals surface area contributed by atoms with Crippen LogP contribution in [0.3, 0.4) is 0 Å². The van der Waals surface area contributed by atoms with Crippen LogP contribution in [-0.4, -0.2) is 22.9 Å². The first kappa shape index (κ1) is 13.4. The molecule has 0 aliphatic heterocycles. The topological polar surface area (TPSA) is 16.1 Å². The fraction of sp³-hybridized carbons (Fsp3) is 0.583. The summed E-state index contributed by atoms with van der Waals surface area (Å²) in [7, 11) is 0. The van der Waals surface area contributed by atoms with Crippen molar-refractivity contribution in [1.82, 2.24) is 4.98 Å². The zero-order chi connectivity index (χ0) is 12.0. The van der Waals surface area contributed by atoms with E-state index in [9.17, 15) is 4.39 Å². The number of nitrogens with zero attached hydrogens (tertiary/aromatic N) is 2. The second kappa shape index (κ2) is 6.84. The smallest absolute Gasteiger partial charge is 0.141 e. The molecule has 0 amide bonds. The molecule has 0 saturated heterocycles. The van der Waals surface area contributed by atoms with Gasteiger partial charge in [0, 0.05) is 17.9 Å². The zero-order valence-electron chi connectivity index (χ0n) is 9.79. The minimum absolute atomic E-state index is 0.285. The number of aromatic nitrogens is 1. The van der Waals surface area contributed by atoms with E-state index in [-0.39, 0.29) is 5.82 Å². The molecular weight excluding hydrogens is 271 g/mol. The molecule has 0 saturated carbocycles. The lowest BCUT2D eigenvalue weighted by Crippen LogP contribution is -2.36. The van der Waals surface area contributed by atoms with Crippen LogP contribution in [0.2, 0.25) is 0 Å². The van der Waals surface area contributed by atoms with E-state index in [2.05, 4.69) is 39.7 Å². The quantitative estimate of drug-likeness (QED) is 0.744. The maximum Gasteiger partial charge on any atom is 0.141 e. The highest BCUT2D eigenvalue weighted by Gasteiger charge is 2.15. The highest BCUT2D eigenvalue weighted by Crippen LogP contribution is 2.18. The highest BCUT2D eigenvalue weighted by molar-refractivity contribution is 9.09. The first-order valence-corrected chi connectivity index (χ1v) is 6.79. The van der Waals surface area contributed by atoms with Gasteiger partial charge < -0.3 is 4.90 Å². The molecule has 0 fully saturated rings. The van der Waals surface area contributed by atoms with Crippen molar-refractivity contribution >= 4 is 21.7 Å². The Kier molecular flexibility index (Phi) is 5.74. The molecule has 1 aromatic heterocycles. The van der Waals surface area contributed by atoms with E-state index in [4.69, 9.17) is 0 Å². The van der Waals surface area contributed by atoms with Crippen molar-refractivity contribution in [2.45, 2.75) is 32.7 Å². The Bertz CT molecular complexity index is 298. The van der Waals surface area contributed by atoms with Crippen LogP contribution in [-0.2, 0) is 0 Å². The molecular formula is C12H18BrFN2. The second-order valence-electron chi connectivity index (χ2n) is 3.69. The predicted octanol–water partition coefficient (Wildman–Crippen LogP) is 3.61. The summed E-state index contributed by atoms with van der Waals surface area (Å²) in [6, 6.07) is 3.68. The Morgan fingerprint density at radius 3 is 2.50 bits per heavy atom. The van der Waals surface area contributed by atoms with Crippen molar-refractivity contribution in [3.63, 3.8) is 0 Å². The van der Waals surface area contributed by atoms with Gasteiger partial charge in [-0.1, -0.05) is 29.8 Å². The summed E-state index contributed by atoms with van der Waals surface area (Å²) >= 11 is 3.44. The number of halogens is 2. The Hall–Kier alpha value is -0.640. The minimum Gasteiger partial charge on any atom is -0.353 e. The summed E-state index contributed by atoms with van der Waals surface area (Å²) in [6.07, 6.45) is 3.42. The third-order valence-corrected chi connectivity index (χ3v) is 3.07. The lowest BCUT2D eigenvalue weighted by atomic mass is 10.1. The fourth-order valence-corrected chi connectivity index (χ4v) is 2.22. The van der Waals surface area contributed by atoms with E-state index in [0.29, 0.717) is 6.04 Å². The Balaban J connectivity index is 2.87. The summed E-state index contributed by atoms with van der Waals surface area (Å²) in [5.41, 5.74) is 0. The lowest BCUT2D eigenvalue weighted by Gasteiger charge is -2.31. The number of hydrogen-bond acceptors (Lipinski definition) is 2. The number of hydrogen-bond donors (Lipinski definition) is 0. The average molecular weight is 289 g/mol. The van der Waals surface area contributed by atoms with Crippen LogP contribution in [0, 0.1) is 5.82 Å². The van der Waals surface area contributed by atoms with E-state index in [1.807, 2.05) is 0 Å². The van der Waals surface area contributed by atoms with Gasteiger partial charge in [-0.25, -0.2) is 9.37 Å². The molecule has 1 aromatic rings. The third-order valence-electron chi connectivity index (χ3n) is 2.71. The third kappa shape index (κ3) is 3.44. The molecule has 4 heteroatoms. The number of rotatable bonds is 6. The van der Waals surface area contributed by atoms with Gasteiger partial charge in [0.1, 0.15) is 11.6 Å². The van der Waals surface area contributed by atoms with Crippen LogP contribution in [0.15, 0.2) is 18.3 Å². The standard InChI is InChI=1S/C12H18BrFN2/c1-3-11(4-2)16(8-7-13)12-6-5-10(14)9-15-12/h5-6,9,11H,3-4,7-8H2,1-2H3. The molecule has 0 aromatic carbocycles. The van der Waals surface area contributed by atoms with Crippen LogP contribution in [0.4, 0.5) is 10.2 Å². The van der Waals surface area contributed by atoms with Gasteiger partial charge in [0.15, 0.2) is 0 Å². The normalized spacial score (nSPS) is 10.8. The van der Waals surface area contributed by atoms with Gasteiger partial charge in [0.05, 0.1) is 6.20 Å². The van der Waals surface area contributed by atoms with Crippen LogP contribution < -0.4 is 4.90 Å². The van der Waals surface area contributed by atoms with Crippen LogP contribution in [0.5, 0.6) is 0 Å². The molecule has 0 atom stereocenters. The van der Waals surface area contributed by atoms with Gasteiger partial charge in [0.2, 0.25) is 0 Å². The molecule has 0 unspecified atom stereocenters. The SMILES string of the molecule is CCC(CC)N(CCBr)c1ccc(F)cn1. The van der Waals surface area contributed by atoms with Gasteiger partial charge in [-0.15, -0.1) is 0 Å². The van der Waals surface area contributed by atoms with E-state index in [1.165, 1.54) is 12.3 Å². The lowest BCUT2D eigenvalue weighted by molar-refractivity contribution is 0.561. The Labute approximate surface area is 105 Å². The number of alkyl halides is 1. The molecule has 0 N–H and O–H groups in total. The van der Waals surface area contributed by atoms with E-state index < -0.39 is 0 Å². The van der Waals surface area contributed by atoms with Crippen molar-refractivity contribution in [3.05, 3.63) is 24.1 Å². The number of anilines is 1. The average Bonchev–Trinajstić information content (AvgIpc) is 2.31. The molecule has 90 valence electrons. The van der Waals surface area contributed by atoms with Gasteiger partial charge >= 0.3 is 0 Å². The van der Waals surface area contributed by atoms with Gasteiger partial charge in [0.25, 0.3) is 0 Å². The molecule has 0 bridgehead atoms. The van der Waals surface area contributed by atoms with Crippen LogP contribution in [0.25, 0.3) is 0 Å². The van der Waals surface area contributed by atoms with E-state index in [1.54, 1.807) is 6.07 Å². The Morgan fingerprint density at radius 1 is 1.38 bits per heavy atom. The maximum atomic E-state index is 12.8. The molecule has 2 nitrogen and oxygen atoms in total.